The molecule has 0 spiro atoms. The topological polar surface area (TPSA) is 131 Å². The first-order chi connectivity index (χ1) is 18.1. The average Bonchev–Trinajstić information content (AvgIpc) is 3.25. The van der Waals surface area contributed by atoms with Gasteiger partial charge in [-0.25, -0.2) is 18.0 Å². The molecule has 38 heavy (non-hydrogen) atoms. The summed E-state index contributed by atoms with van der Waals surface area (Å²) in [6, 6.07) is 11.6. The van der Waals surface area contributed by atoms with E-state index in [1.165, 1.54) is 71.9 Å². The largest absolute Gasteiger partial charge is 0.462 e. The maximum absolute atomic E-state index is 13.2. The molecule has 2 heterocycles. The Morgan fingerprint density at radius 1 is 1.13 bits per heavy atom. The first kappa shape index (κ1) is 27.4. The van der Waals surface area contributed by atoms with Gasteiger partial charge in [-0.2, -0.15) is 0 Å². The summed E-state index contributed by atoms with van der Waals surface area (Å²) in [6.07, 6.45) is -0.0856. The minimum absolute atomic E-state index is 0.0148. The predicted octanol–water partition coefficient (Wildman–Crippen LogP) is 4.76. The molecule has 10 nitrogen and oxygen atoms in total. The number of hydrogen-bond acceptors (Lipinski definition) is 8. The van der Waals surface area contributed by atoms with Gasteiger partial charge < -0.3 is 19.7 Å². The van der Waals surface area contributed by atoms with Crippen LogP contribution in [0.25, 0.3) is 0 Å². The van der Waals surface area contributed by atoms with Crippen molar-refractivity contribution in [3.63, 3.8) is 0 Å². The van der Waals surface area contributed by atoms with Gasteiger partial charge in [0, 0.05) is 27.7 Å². The standard InChI is InChI=1S/C25H24ClN3O7S2/c1-3-36-24(31)21-19-11-12-29(25(32)35-2)14-20(19)37-23(21)27-22(30)15-5-4-6-17(13-15)28-38(33,34)18-9-7-16(26)8-10-18/h4-10,13,28H,3,11-12,14H2,1-2H3,(H,27,30). The number of anilines is 2. The average molecular weight is 578 g/mol. The van der Waals surface area contributed by atoms with Gasteiger partial charge in [-0.3, -0.25) is 9.52 Å². The Bertz CT molecular complexity index is 1490. The molecule has 2 aromatic carbocycles. The molecule has 200 valence electrons. The molecule has 13 heteroatoms. The Morgan fingerprint density at radius 2 is 1.87 bits per heavy atom. The van der Waals surface area contributed by atoms with E-state index in [4.69, 9.17) is 21.1 Å². The fourth-order valence-corrected chi connectivity index (χ4v) is 6.34. The molecule has 0 radical (unpaired) electrons. The van der Waals surface area contributed by atoms with Crippen LogP contribution in [0, 0.1) is 0 Å². The number of rotatable bonds is 7. The number of hydrogen-bond donors (Lipinski definition) is 2. The molecule has 0 saturated carbocycles. The maximum Gasteiger partial charge on any atom is 0.409 e. The van der Waals surface area contributed by atoms with Crippen LogP contribution in [0.5, 0.6) is 0 Å². The fraction of sp³-hybridized carbons (Fsp3) is 0.240. The van der Waals surface area contributed by atoms with Crippen molar-refractivity contribution in [1.82, 2.24) is 4.90 Å². The smallest absolute Gasteiger partial charge is 0.409 e. The van der Waals surface area contributed by atoms with Crippen molar-refractivity contribution in [3.05, 3.63) is 75.1 Å². The number of nitrogens with zero attached hydrogens (tertiary/aromatic N) is 1. The van der Waals surface area contributed by atoms with E-state index in [0.29, 0.717) is 23.6 Å². The third-order valence-corrected chi connectivity index (χ3v) is 8.48. The molecule has 0 saturated heterocycles. The highest BCUT2D eigenvalue weighted by atomic mass is 35.5. The second-order valence-electron chi connectivity index (χ2n) is 8.16. The highest BCUT2D eigenvalue weighted by molar-refractivity contribution is 7.92. The highest BCUT2D eigenvalue weighted by Crippen LogP contribution is 2.38. The quantitative estimate of drug-likeness (QED) is 0.387. The van der Waals surface area contributed by atoms with E-state index in [1.807, 2.05) is 0 Å². The van der Waals surface area contributed by atoms with Gasteiger partial charge in [0.25, 0.3) is 15.9 Å². The fourth-order valence-electron chi connectivity index (χ4n) is 3.92. The Hall–Kier alpha value is -3.61. The molecule has 0 unspecified atom stereocenters. The number of esters is 1. The summed E-state index contributed by atoms with van der Waals surface area (Å²) >= 11 is 7.02. The zero-order valence-electron chi connectivity index (χ0n) is 20.4. The summed E-state index contributed by atoms with van der Waals surface area (Å²) in [5, 5.41) is 3.45. The second kappa shape index (κ2) is 11.4. The normalized spacial score (nSPS) is 12.9. The highest BCUT2D eigenvalue weighted by Gasteiger charge is 2.31. The molecule has 0 aliphatic carbocycles. The summed E-state index contributed by atoms with van der Waals surface area (Å²) in [5.41, 5.74) is 1.31. The van der Waals surface area contributed by atoms with E-state index in [2.05, 4.69) is 10.0 Å². The van der Waals surface area contributed by atoms with Crippen molar-refractivity contribution < 1.29 is 32.3 Å². The van der Waals surface area contributed by atoms with Crippen molar-refractivity contribution in [2.75, 3.05) is 30.3 Å². The third-order valence-electron chi connectivity index (χ3n) is 5.70. The molecule has 1 aliphatic rings. The number of carbonyl (C=O) groups excluding carboxylic acids is 3. The lowest BCUT2D eigenvalue weighted by Gasteiger charge is -2.25. The van der Waals surface area contributed by atoms with E-state index in [9.17, 15) is 22.8 Å². The number of methoxy groups -OCH3 is 1. The summed E-state index contributed by atoms with van der Waals surface area (Å²) in [7, 11) is -2.62. The molecule has 0 atom stereocenters. The van der Waals surface area contributed by atoms with Gasteiger partial charge in [0.05, 0.1) is 30.7 Å². The van der Waals surface area contributed by atoms with Crippen LogP contribution in [-0.4, -0.2) is 51.5 Å². The molecule has 1 aromatic heterocycles. The Labute approximate surface area is 228 Å². The summed E-state index contributed by atoms with van der Waals surface area (Å²) < 4.78 is 37.9. The van der Waals surface area contributed by atoms with Crippen LogP contribution < -0.4 is 10.0 Å². The van der Waals surface area contributed by atoms with E-state index in [0.717, 1.165) is 4.88 Å². The lowest BCUT2D eigenvalue weighted by atomic mass is 10.0. The zero-order chi connectivity index (χ0) is 27.4. The minimum Gasteiger partial charge on any atom is -0.462 e. The van der Waals surface area contributed by atoms with Crippen molar-refractivity contribution in [2.24, 2.45) is 0 Å². The number of benzene rings is 2. The Balaban J connectivity index is 1.58. The second-order valence-corrected chi connectivity index (χ2v) is 11.4. The molecule has 0 bridgehead atoms. The SMILES string of the molecule is CCOC(=O)c1c(NC(=O)c2cccc(NS(=O)(=O)c3ccc(Cl)cc3)c2)sc2c1CCN(C(=O)OC)C2. The lowest BCUT2D eigenvalue weighted by Crippen LogP contribution is -2.35. The lowest BCUT2D eigenvalue weighted by molar-refractivity contribution is 0.0526. The van der Waals surface area contributed by atoms with Gasteiger partial charge >= 0.3 is 12.1 Å². The van der Waals surface area contributed by atoms with E-state index in [1.54, 1.807) is 6.92 Å². The van der Waals surface area contributed by atoms with Crippen molar-refractivity contribution >= 4 is 61.6 Å². The molecule has 3 aromatic rings. The Morgan fingerprint density at radius 3 is 2.55 bits per heavy atom. The zero-order valence-corrected chi connectivity index (χ0v) is 22.8. The molecule has 0 fully saturated rings. The van der Waals surface area contributed by atoms with Crippen LogP contribution in [-0.2, 0) is 32.5 Å². The molecular weight excluding hydrogens is 554 g/mol. The number of sulfonamides is 1. The summed E-state index contributed by atoms with van der Waals surface area (Å²) in [6.45, 7) is 2.42. The third kappa shape index (κ3) is 5.93. The molecule has 4 rings (SSSR count). The number of thiophene rings is 1. The Kier molecular flexibility index (Phi) is 8.24. The van der Waals surface area contributed by atoms with E-state index >= 15 is 0 Å². The monoisotopic (exact) mass is 577 g/mol. The minimum atomic E-state index is -3.91. The number of amides is 2. The van der Waals surface area contributed by atoms with Crippen molar-refractivity contribution in [1.29, 1.82) is 0 Å². The number of nitrogens with one attached hydrogen (secondary N) is 2. The van der Waals surface area contributed by atoms with Gasteiger partial charge in [-0.15, -0.1) is 11.3 Å². The van der Waals surface area contributed by atoms with Crippen molar-refractivity contribution in [3.8, 4) is 0 Å². The molecule has 1 aliphatic heterocycles. The molecular formula is C25H24ClN3O7S2. The van der Waals surface area contributed by atoms with Gasteiger partial charge in [-0.1, -0.05) is 17.7 Å². The number of ether oxygens (including phenoxy) is 2. The van der Waals surface area contributed by atoms with E-state index < -0.39 is 28.0 Å². The molecule has 2 N–H and O–H groups in total. The maximum atomic E-state index is 13.2. The number of halogens is 1. The number of carbonyl (C=O) groups is 3. The van der Waals surface area contributed by atoms with Gasteiger partial charge in [0.15, 0.2) is 0 Å². The first-order valence-electron chi connectivity index (χ1n) is 11.5. The first-order valence-corrected chi connectivity index (χ1v) is 14.1. The van der Waals surface area contributed by atoms with Crippen molar-refractivity contribution in [2.45, 2.75) is 24.8 Å². The van der Waals surface area contributed by atoms with Crippen LogP contribution in [0.15, 0.2) is 53.4 Å². The molecule has 2 amide bonds. The summed E-state index contributed by atoms with van der Waals surface area (Å²) in [4.78, 5) is 40.2. The number of fused-ring (bicyclic) bond motifs is 1. The van der Waals surface area contributed by atoms with Gasteiger partial charge in [-0.05, 0) is 61.4 Å². The van der Waals surface area contributed by atoms with Crippen LogP contribution in [0.2, 0.25) is 5.02 Å². The van der Waals surface area contributed by atoms with Crippen LogP contribution in [0.4, 0.5) is 15.5 Å². The van der Waals surface area contributed by atoms with Crippen LogP contribution in [0.1, 0.15) is 38.1 Å². The van der Waals surface area contributed by atoms with Gasteiger partial charge in [0.1, 0.15) is 5.00 Å². The van der Waals surface area contributed by atoms with Gasteiger partial charge in [0.2, 0.25) is 0 Å². The van der Waals surface area contributed by atoms with Crippen LogP contribution >= 0.6 is 22.9 Å². The van der Waals surface area contributed by atoms with E-state index in [-0.39, 0.29) is 39.9 Å². The van der Waals surface area contributed by atoms with Crippen LogP contribution in [0.3, 0.4) is 0 Å². The predicted molar refractivity (Wildman–Crippen MR) is 143 cm³/mol. The summed E-state index contributed by atoms with van der Waals surface area (Å²) in [5.74, 6) is -1.12.